The second-order valence-electron chi connectivity index (χ2n) is 4.56. The number of aryl methyl sites for hydroxylation is 2. The van der Waals surface area contributed by atoms with Gasteiger partial charge in [0.25, 0.3) is 0 Å². The van der Waals surface area contributed by atoms with Gasteiger partial charge in [-0.15, -0.1) is 0 Å². The fourth-order valence-electron chi connectivity index (χ4n) is 2.17. The minimum atomic E-state index is -0.125. The van der Waals surface area contributed by atoms with E-state index in [-0.39, 0.29) is 11.9 Å². The van der Waals surface area contributed by atoms with Crippen molar-refractivity contribution in [1.29, 1.82) is 0 Å². The van der Waals surface area contributed by atoms with Crippen LogP contribution in [0.2, 0.25) is 0 Å². The summed E-state index contributed by atoms with van der Waals surface area (Å²) in [6.45, 7) is 5.07. The number of hydrogen-bond donors (Lipinski definition) is 3. The highest BCUT2D eigenvalue weighted by Crippen LogP contribution is 2.06. The van der Waals surface area contributed by atoms with E-state index in [0.717, 1.165) is 30.8 Å². The average molecular weight is 251 g/mol. The van der Waals surface area contributed by atoms with E-state index in [1.165, 1.54) is 0 Å². The van der Waals surface area contributed by atoms with Gasteiger partial charge in [0.2, 0.25) is 5.91 Å². The third-order valence-electron chi connectivity index (χ3n) is 3.14. The van der Waals surface area contributed by atoms with Gasteiger partial charge < -0.3 is 16.0 Å². The van der Waals surface area contributed by atoms with Crippen LogP contribution in [-0.2, 0) is 24.8 Å². The molecule has 0 aliphatic carbocycles. The highest BCUT2D eigenvalue weighted by atomic mass is 16.2. The highest BCUT2D eigenvalue weighted by Gasteiger charge is 2.20. The molecular weight excluding hydrogens is 230 g/mol. The SMILES string of the molecule is CCc1nn(C)cc1CNC(=O)C1CNCCN1. The quantitative estimate of drug-likeness (QED) is 0.652. The van der Waals surface area contributed by atoms with Crippen molar-refractivity contribution in [2.24, 2.45) is 7.05 Å². The number of carbonyl (C=O) groups excluding carboxylic acids is 1. The van der Waals surface area contributed by atoms with Gasteiger partial charge in [-0.3, -0.25) is 9.48 Å². The molecule has 1 aliphatic rings. The summed E-state index contributed by atoms with van der Waals surface area (Å²) in [6.07, 6.45) is 2.85. The first-order chi connectivity index (χ1) is 8.70. The second-order valence-corrected chi connectivity index (χ2v) is 4.56. The lowest BCUT2D eigenvalue weighted by Crippen LogP contribution is -2.55. The number of carbonyl (C=O) groups is 1. The summed E-state index contributed by atoms with van der Waals surface area (Å²) in [4.78, 5) is 11.9. The Hall–Kier alpha value is -1.40. The van der Waals surface area contributed by atoms with Gasteiger partial charge in [0.15, 0.2) is 0 Å². The molecule has 1 aromatic heterocycles. The molecule has 0 radical (unpaired) electrons. The molecule has 1 atom stereocenters. The summed E-state index contributed by atoms with van der Waals surface area (Å²) in [7, 11) is 1.90. The van der Waals surface area contributed by atoms with Crippen molar-refractivity contribution in [3.05, 3.63) is 17.5 Å². The van der Waals surface area contributed by atoms with Crippen LogP contribution in [0.5, 0.6) is 0 Å². The number of aromatic nitrogens is 2. The zero-order valence-electron chi connectivity index (χ0n) is 11.0. The lowest BCUT2D eigenvalue weighted by atomic mass is 10.2. The fraction of sp³-hybridized carbons (Fsp3) is 0.667. The molecule has 1 amide bonds. The largest absolute Gasteiger partial charge is 0.350 e. The first-order valence-electron chi connectivity index (χ1n) is 6.44. The maximum absolute atomic E-state index is 11.9. The van der Waals surface area contributed by atoms with Crippen LogP contribution in [0.15, 0.2) is 6.20 Å². The number of nitrogens with one attached hydrogen (secondary N) is 3. The Bertz CT molecular complexity index is 409. The highest BCUT2D eigenvalue weighted by molar-refractivity contribution is 5.82. The Kier molecular flexibility index (Phi) is 4.33. The summed E-state index contributed by atoms with van der Waals surface area (Å²) >= 11 is 0. The number of rotatable bonds is 4. The first-order valence-corrected chi connectivity index (χ1v) is 6.44. The molecule has 1 saturated heterocycles. The lowest BCUT2D eigenvalue weighted by Gasteiger charge is -2.23. The van der Waals surface area contributed by atoms with E-state index in [1.807, 2.05) is 13.2 Å². The Balaban J connectivity index is 1.88. The number of nitrogens with zero attached hydrogens (tertiary/aromatic N) is 2. The van der Waals surface area contributed by atoms with E-state index in [9.17, 15) is 4.79 Å². The van der Waals surface area contributed by atoms with E-state index in [2.05, 4.69) is 28.0 Å². The summed E-state index contributed by atoms with van der Waals surface area (Å²) < 4.78 is 1.79. The maximum atomic E-state index is 11.9. The zero-order chi connectivity index (χ0) is 13.0. The van der Waals surface area contributed by atoms with Gasteiger partial charge in [0, 0.05) is 45.0 Å². The van der Waals surface area contributed by atoms with Crippen molar-refractivity contribution in [3.63, 3.8) is 0 Å². The topological polar surface area (TPSA) is 71.0 Å². The fourth-order valence-corrected chi connectivity index (χ4v) is 2.17. The molecule has 100 valence electrons. The van der Waals surface area contributed by atoms with E-state index in [0.29, 0.717) is 13.1 Å². The zero-order valence-corrected chi connectivity index (χ0v) is 11.0. The van der Waals surface area contributed by atoms with Crippen LogP contribution < -0.4 is 16.0 Å². The molecule has 1 unspecified atom stereocenters. The molecule has 2 heterocycles. The molecule has 0 bridgehead atoms. The molecule has 0 saturated carbocycles. The third-order valence-corrected chi connectivity index (χ3v) is 3.14. The Morgan fingerprint density at radius 3 is 3.11 bits per heavy atom. The number of amides is 1. The third kappa shape index (κ3) is 3.08. The smallest absolute Gasteiger partial charge is 0.238 e. The monoisotopic (exact) mass is 251 g/mol. The molecular formula is C12H21N5O. The molecule has 1 fully saturated rings. The summed E-state index contributed by atoms with van der Waals surface area (Å²) in [5.41, 5.74) is 2.14. The summed E-state index contributed by atoms with van der Waals surface area (Å²) in [5, 5.41) is 13.7. The van der Waals surface area contributed by atoms with E-state index >= 15 is 0 Å². The van der Waals surface area contributed by atoms with Crippen LogP contribution in [0, 0.1) is 0 Å². The minimum absolute atomic E-state index is 0.0492. The van der Waals surface area contributed by atoms with Crippen LogP contribution in [0.1, 0.15) is 18.2 Å². The maximum Gasteiger partial charge on any atom is 0.238 e. The van der Waals surface area contributed by atoms with E-state index in [1.54, 1.807) is 4.68 Å². The molecule has 6 heteroatoms. The number of hydrogen-bond acceptors (Lipinski definition) is 4. The molecule has 3 N–H and O–H groups in total. The van der Waals surface area contributed by atoms with Gasteiger partial charge in [-0.25, -0.2) is 0 Å². The Morgan fingerprint density at radius 1 is 1.61 bits per heavy atom. The van der Waals surface area contributed by atoms with Gasteiger partial charge >= 0.3 is 0 Å². The van der Waals surface area contributed by atoms with Gasteiger partial charge in [-0.05, 0) is 6.42 Å². The predicted octanol–water partition coefficient (Wildman–Crippen LogP) is -0.840. The van der Waals surface area contributed by atoms with Crippen molar-refractivity contribution in [3.8, 4) is 0 Å². The van der Waals surface area contributed by atoms with Crippen LogP contribution in [0.3, 0.4) is 0 Å². The van der Waals surface area contributed by atoms with Crippen molar-refractivity contribution < 1.29 is 4.79 Å². The van der Waals surface area contributed by atoms with Crippen LogP contribution in [-0.4, -0.2) is 41.4 Å². The van der Waals surface area contributed by atoms with Gasteiger partial charge in [-0.2, -0.15) is 5.10 Å². The van der Waals surface area contributed by atoms with Crippen molar-refractivity contribution in [2.45, 2.75) is 25.9 Å². The summed E-state index contributed by atoms with van der Waals surface area (Å²) in [6, 6.07) is -0.125. The van der Waals surface area contributed by atoms with E-state index in [4.69, 9.17) is 0 Å². The first kappa shape index (κ1) is 13.0. The molecule has 0 spiro atoms. The Morgan fingerprint density at radius 2 is 2.44 bits per heavy atom. The normalized spacial score (nSPS) is 19.8. The average Bonchev–Trinajstić information content (AvgIpc) is 2.77. The van der Waals surface area contributed by atoms with Crippen LogP contribution in [0.4, 0.5) is 0 Å². The van der Waals surface area contributed by atoms with Gasteiger partial charge in [-0.1, -0.05) is 6.92 Å². The molecule has 0 aromatic carbocycles. The lowest BCUT2D eigenvalue weighted by molar-refractivity contribution is -0.123. The van der Waals surface area contributed by atoms with Gasteiger partial charge in [0.1, 0.15) is 0 Å². The van der Waals surface area contributed by atoms with Crippen LogP contribution >= 0.6 is 0 Å². The van der Waals surface area contributed by atoms with Gasteiger partial charge in [0.05, 0.1) is 11.7 Å². The Labute approximate surface area is 107 Å². The molecule has 6 nitrogen and oxygen atoms in total. The summed E-state index contributed by atoms with van der Waals surface area (Å²) in [5.74, 6) is 0.0492. The van der Waals surface area contributed by atoms with Crippen molar-refractivity contribution >= 4 is 5.91 Å². The van der Waals surface area contributed by atoms with Crippen LogP contribution in [0.25, 0.3) is 0 Å². The molecule has 18 heavy (non-hydrogen) atoms. The molecule has 2 rings (SSSR count). The second kappa shape index (κ2) is 5.97. The van der Waals surface area contributed by atoms with E-state index < -0.39 is 0 Å². The van der Waals surface area contributed by atoms with Crippen molar-refractivity contribution in [1.82, 2.24) is 25.7 Å². The van der Waals surface area contributed by atoms with Crippen molar-refractivity contribution in [2.75, 3.05) is 19.6 Å². The predicted molar refractivity (Wildman–Crippen MR) is 69.1 cm³/mol. The standard InChI is InChI=1S/C12H21N5O/c1-3-10-9(8-17(2)16-10)6-15-12(18)11-7-13-4-5-14-11/h8,11,13-14H,3-7H2,1-2H3,(H,15,18). The molecule has 1 aromatic rings. The minimum Gasteiger partial charge on any atom is -0.350 e. The molecule has 1 aliphatic heterocycles. The number of piperazine rings is 1.